The summed E-state index contributed by atoms with van der Waals surface area (Å²) in [5.41, 5.74) is -0.581. The average Bonchev–Trinajstić information content (AvgIpc) is 2.76. The second-order valence-electron chi connectivity index (χ2n) is 8.43. The fraction of sp³-hybridized carbons (Fsp3) is 0.500. The van der Waals surface area contributed by atoms with Gasteiger partial charge in [0.25, 0.3) is 0 Å². The number of alkyl halides is 3. The molecule has 0 bridgehead atoms. The van der Waals surface area contributed by atoms with Crippen molar-refractivity contribution in [2.75, 3.05) is 6.54 Å². The van der Waals surface area contributed by atoms with Gasteiger partial charge in [0.15, 0.2) is 0 Å². The van der Waals surface area contributed by atoms with Gasteiger partial charge in [0.05, 0.1) is 17.0 Å². The van der Waals surface area contributed by atoms with Gasteiger partial charge in [0, 0.05) is 12.6 Å². The van der Waals surface area contributed by atoms with Crippen LogP contribution >= 0.6 is 0 Å². The van der Waals surface area contributed by atoms with Crippen molar-refractivity contribution in [2.24, 2.45) is 5.92 Å². The van der Waals surface area contributed by atoms with Crippen molar-refractivity contribution in [3.63, 3.8) is 0 Å². The van der Waals surface area contributed by atoms with Crippen LogP contribution in [0.1, 0.15) is 63.6 Å². The van der Waals surface area contributed by atoms with Crippen molar-refractivity contribution >= 4 is 0 Å². The zero-order chi connectivity index (χ0) is 23.1. The summed E-state index contributed by atoms with van der Waals surface area (Å²) < 4.78 is 41.3. The Morgan fingerprint density at radius 1 is 0.935 bits per heavy atom. The molecule has 2 unspecified atom stereocenters. The summed E-state index contributed by atoms with van der Waals surface area (Å²) in [4.78, 5) is 2.35. The van der Waals surface area contributed by atoms with Crippen LogP contribution < -0.4 is 0 Å². The molecule has 0 heterocycles. The van der Waals surface area contributed by atoms with Crippen molar-refractivity contribution in [1.82, 2.24) is 4.90 Å². The summed E-state index contributed by atoms with van der Waals surface area (Å²) in [7, 11) is 0. The number of nitrogens with zero attached hydrogens (tertiary/aromatic N) is 2. The highest BCUT2D eigenvalue weighted by atomic mass is 19.4. The predicted molar refractivity (Wildman–Crippen MR) is 119 cm³/mol. The van der Waals surface area contributed by atoms with Crippen LogP contribution in [0.15, 0.2) is 54.6 Å². The number of halogens is 3. The first kappa shape index (κ1) is 24.9. The lowest BCUT2D eigenvalue weighted by molar-refractivity contribution is -0.138. The first-order valence-corrected chi connectivity index (χ1v) is 11.1. The summed E-state index contributed by atoms with van der Waals surface area (Å²) in [6.45, 7) is 9.53. The predicted octanol–water partition coefficient (Wildman–Crippen LogP) is 7.20. The van der Waals surface area contributed by atoms with Crippen LogP contribution in [0, 0.1) is 17.2 Å². The van der Waals surface area contributed by atoms with Gasteiger partial charge in [-0.1, -0.05) is 76.2 Å². The van der Waals surface area contributed by atoms with Crippen LogP contribution in [0.25, 0.3) is 0 Å². The van der Waals surface area contributed by atoms with Gasteiger partial charge >= 0.3 is 6.18 Å². The van der Waals surface area contributed by atoms with Crippen molar-refractivity contribution in [3.8, 4) is 6.07 Å². The van der Waals surface area contributed by atoms with Crippen molar-refractivity contribution in [3.05, 3.63) is 71.3 Å². The van der Waals surface area contributed by atoms with E-state index in [4.69, 9.17) is 0 Å². The lowest BCUT2D eigenvalue weighted by Gasteiger charge is -2.37. The van der Waals surface area contributed by atoms with Gasteiger partial charge in [0.1, 0.15) is 0 Å². The van der Waals surface area contributed by atoms with E-state index in [0.717, 1.165) is 25.6 Å². The summed E-state index contributed by atoms with van der Waals surface area (Å²) in [6, 6.07) is 18.2. The maximum absolute atomic E-state index is 13.8. The maximum atomic E-state index is 13.8. The van der Waals surface area contributed by atoms with E-state index in [-0.39, 0.29) is 17.5 Å². The van der Waals surface area contributed by atoms with Gasteiger partial charge in [-0.05, 0) is 48.9 Å². The molecule has 0 aliphatic heterocycles. The van der Waals surface area contributed by atoms with Gasteiger partial charge in [0.2, 0.25) is 0 Å². The van der Waals surface area contributed by atoms with Crippen molar-refractivity contribution < 1.29 is 13.2 Å². The van der Waals surface area contributed by atoms with Gasteiger partial charge in [-0.15, -0.1) is 0 Å². The number of hydrogen-bond donors (Lipinski definition) is 0. The topological polar surface area (TPSA) is 27.0 Å². The van der Waals surface area contributed by atoms with Gasteiger partial charge in [-0.25, -0.2) is 0 Å². The minimum absolute atomic E-state index is 0.0981. The molecule has 2 aromatic carbocycles. The molecule has 31 heavy (non-hydrogen) atoms. The summed E-state index contributed by atoms with van der Waals surface area (Å²) in [5.74, 6) is -0.247. The highest BCUT2D eigenvalue weighted by Crippen LogP contribution is 2.44. The summed E-state index contributed by atoms with van der Waals surface area (Å²) in [6.07, 6.45) is -2.56. The third-order valence-electron chi connectivity index (χ3n) is 6.39. The third kappa shape index (κ3) is 5.89. The largest absolute Gasteiger partial charge is 0.416 e. The van der Waals surface area contributed by atoms with Crippen LogP contribution in [0.4, 0.5) is 13.2 Å². The molecule has 0 saturated carbocycles. The quantitative estimate of drug-likeness (QED) is 0.398. The zero-order valence-electron chi connectivity index (χ0n) is 18.9. The Kier molecular flexibility index (Phi) is 8.70. The summed E-state index contributed by atoms with van der Waals surface area (Å²) >= 11 is 0. The molecule has 5 heteroatoms. The first-order chi connectivity index (χ1) is 14.7. The Labute approximate surface area is 184 Å². The highest BCUT2D eigenvalue weighted by molar-refractivity contribution is 5.41. The molecular formula is C26H33F3N2. The standard InChI is InChI=1S/C26H33F3N2/c1-5-22(31(6-2)18-21-12-8-7-9-13-21)16-17-25(19-30,20(3)4)23-14-10-11-15-24(23)26(27,28)29/h7-15,20,22H,5-6,16-18H2,1-4H3. The second-order valence-corrected chi connectivity index (χ2v) is 8.43. The van der Waals surface area contributed by atoms with E-state index in [1.54, 1.807) is 6.07 Å². The van der Waals surface area contributed by atoms with E-state index < -0.39 is 17.2 Å². The van der Waals surface area contributed by atoms with E-state index >= 15 is 0 Å². The number of hydrogen-bond acceptors (Lipinski definition) is 2. The summed E-state index contributed by atoms with van der Waals surface area (Å²) in [5, 5.41) is 10.2. The monoisotopic (exact) mass is 430 g/mol. The van der Waals surface area contributed by atoms with E-state index in [0.29, 0.717) is 12.8 Å². The van der Waals surface area contributed by atoms with E-state index in [2.05, 4.69) is 36.9 Å². The molecular weight excluding hydrogens is 397 g/mol. The number of benzene rings is 2. The molecule has 0 aliphatic rings. The molecule has 2 atom stereocenters. The fourth-order valence-electron chi connectivity index (χ4n) is 4.46. The van der Waals surface area contributed by atoms with E-state index in [9.17, 15) is 18.4 Å². The Hall–Kier alpha value is -2.32. The van der Waals surface area contributed by atoms with E-state index in [1.165, 1.54) is 17.7 Å². The SMILES string of the molecule is CCC(CCC(C#N)(c1ccccc1C(F)(F)F)C(C)C)N(CC)Cc1ccccc1. The highest BCUT2D eigenvalue weighted by Gasteiger charge is 2.44. The molecule has 2 nitrogen and oxygen atoms in total. The first-order valence-electron chi connectivity index (χ1n) is 11.1. The number of nitriles is 1. The Bertz CT molecular complexity index is 855. The lowest BCUT2D eigenvalue weighted by Crippen LogP contribution is -2.38. The Balaban J connectivity index is 2.34. The van der Waals surface area contributed by atoms with Crippen LogP contribution in [0.2, 0.25) is 0 Å². The molecule has 2 rings (SSSR count). The molecule has 0 radical (unpaired) electrons. The molecule has 168 valence electrons. The van der Waals surface area contributed by atoms with Crippen molar-refractivity contribution in [2.45, 2.75) is 71.1 Å². The normalized spacial score (nSPS) is 15.0. The van der Waals surface area contributed by atoms with Crippen LogP contribution in [0.5, 0.6) is 0 Å². The van der Waals surface area contributed by atoms with Crippen LogP contribution in [-0.4, -0.2) is 17.5 Å². The Morgan fingerprint density at radius 3 is 2.00 bits per heavy atom. The lowest BCUT2D eigenvalue weighted by atomic mass is 9.67. The van der Waals surface area contributed by atoms with Crippen molar-refractivity contribution in [1.29, 1.82) is 5.26 Å². The molecule has 0 amide bonds. The molecule has 0 spiro atoms. The van der Waals surface area contributed by atoms with Crippen LogP contribution in [-0.2, 0) is 18.1 Å². The maximum Gasteiger partial charge on any atom is 0.416 e. The van der Waals surface area contributed by atoms with Gasteiger partial charge in [-0.3, -0.25) is 4.90 Å². The zero-order valence-corrected chi connectivity index (χ0v) is 18.9. The second kappa shape index (κ2) is 10.8. The minimum Gasteiger partial charge on any atom is -0.296 e. The van der Waals surface area contributed by atoms with Crippen LogP contribution in [0.3, 0.4) is 0 Å². The fourth-order valence-corrected chi connectivity index (χ4v) is 4.46. The minimum atomic E-state index is -4.49. The molecule has 2 aromatic rings. The Morgan fingerprint density at radius 2 is 1.52 bits per heavy atom. The molecule has 0 N–H and O–H groups in total. The molecule has 0 aromatic heterocycles. The third-order valence-corrected chi connectivity index (χ3v) is 6.39. The molecule has 0 fully saturated rings. The average molecular weight is 431 g/mol. The molecule has 0 aliphatic carbocycles. The van der Waals surface area contributed by atoms with E-state index in [1.807, 2.05) is 32.0 Å². The van der Waals surface area contributed by atoms with Gasteiger partial charge in [-0.2, -0.15) is 18.4 Å². The molecule has 0 saturated heterocycles. The smallest absolute Gasteiger partial charge is 0.296 e. The van der Waals surface area contributed by atoms with Gasteiger partial charge < -0.3 is 0 Å². The number of rotatable bonds is 10.